The molecule has 0 aliphatic carbocycles. The number of rotatable bonds is 45. The molecule has 1 saturated heterocycles. The average molecular weight is 922 g/mol. The number of hydrogen-bond donors (Lipinski definition) is 6. The van der Waals surface area contributed by atoms with Gasteiger partial charge < -0.3 is 45.1 Å². The van der Waals surface area contributed by atoms with Gasteiger partial charge in [-0.1, -0.05) is 204 Å². The zero-order chi connectivity index (χ0) is 47.4. The Hall–Kier alpha value is -2.12. The molecule has 65 heavy (non-hydrogen) atoms. The fourth-order valence-corrected chi connectivity index (χ4v) is 8.19. The molecule has 1 aliphatic rings. The second kappa shape index (κ2) is 44.4. The number of aliphatic hydroxyl groups is 5. The molecule has 7 atom stereocenters. The van der Waals surface area contributed by atoms with Gasteiger partial charge in [0.2, 0.25) is 5.91 Å². The molecule has 11 heteroatoms. The molecule has 0 saturated carbocycles. The van der Waals surface area contributed by atoms with E-state index in [2.05, 4.69) is 31.3 Å². The van der Waals surface area contributed by atoms with Crippen LogP contribution in [0.4, 0.5) is 0 Å². The van der Waals surface area contributed by atoms with Crippen LogP contribution in [0.2, 0.25) is 0 Å². The first-order valence-electron chi connectivity index (χ1n) is 26.8. The number of esters is 1. The van der Waals surface area contributed by atoms with Crippen LogP contribution in [0.15, 0.2) is 36.5 Å². The smallest absolute Gasteiger partial charge is 0.305 e. The third-order valence-corrected chi connectivity index (χ3v) is 12.5. The van der Waals surface area contributed by atoms with Crippen LogP contribution in [0, 0.1) is 0 Å². The minimum atomic E-state index is -1.59. The summed E-state index contributed by atoms with van der Waals surface area (Å²) in [5, 5.41) is 54.2. The summed E-state index contributed by atoms with van der Waals surface area (Å²) in [6.07, 6.45) is 42.3. The van der Waals surface area contributed by atoms with Gasteiger partial charge in [0.05, 0.1) is 32.0 Å². The molecule has 0 aromatic carbocycles. The molecular formula is C54H99NO10. The first-order valence-corrected chi connectivity index (χ1v) is 26.8. The number of carbonyl (C=O) groups is 2. The Balaban J connectivity index is 2.25. The number of ether oxygens (including phenoxy) is 3. The number of carbonyl (C=O) groups excluding carboxylic acids is 2. The highest BCUT2D eigenvalue weighted by atomic mass is 16.7. The molecule has 6 N–H and O–H groups in total. The topological polar surface area (TPSA) is 175 Å². The Morgan fingerprint density at radius 3 is 1.58 bits per heavy atom. The Morgan fingerprint density at radius 1 is 0.569 bits per heavy atom. The van der Waals surface area contributed by atoms with Crippen molar-refractivity contribution in [3.8, 4) is 0 Å². The number of amides is 1. The Labute approximate surface area is 396 Å². The van der Waals surface area contributed by atoms with Crippen LogP contribution in [-0.4, -0.2) is 100 Å². The van der Waals surface area contributed by atoms with Crippen molar-refractivity contribution in [2.75, 3.05) is 19.8 Å². The fourth-order valence-electron chi connectivity index (χ4n) is 8.19. The van der Waals surface area contributed by atoms with Crippen molar-refractivity contribution >= 4 is 11.9 Å². The van der Waals surface area contributed by atoms with E-state index >= 15 is 0 Å². The largest absolute Gasteiger partial charge is 0.466 e. The third-order valence-electron chi connectivity index (χ3n) is 12.5. The van der Waals surface area contributed by atoms with Gasteiger partial charge >= 0.3 is 5.97 Å². The van der Waals surface area contributed by atoms with E-state index in [0.29, 0.717) is 19.4 Å². The third kappa shape index (κ3) is 34.8. The molecule has 1 amide bonds. The summed E-state index contributed by atoms with van der Waals surface area (Å²) in [7, 11) is 0. The summed E-state index contributed by atoms with van der Waals surface area (Å²) in [5.74, 6) is -0.303. The lowest BCUT2D eigenvalue weighted by molar-refractivity contribution is -0.302. The molecule has 0 radical (unpaired) electrons. The van der Waals surface area contributed by atoms with E-state index in [4.69, 9.17) is 14.2 Å². The Kier molecular flexibility index (Phi) is 41.6. The van der Waals surface area contributed by atoms with Crippen LogP contribution >= 0.6 is 0 Å². The second-order valence-electron chi connectivity index (χ2n) is 18.6. The summed E-state index contributed by atoms with van der Waals surface area (Å²) >= 11 is 0. The molecule has 0 aromatic rings. The monoisotopic (exact) mass is 922 g/mol. The van der Waals surface area contributed by atoms with Crippen molar-refractivity contribution < 1.29 is 49.3 Å². The molecule has 380 valence electrons. The second-order valence-corrected chi connectivity index (χ2v) is 18.6. The van der Waals surface area contributed by atoms with Crippen LogP contribution < -0.4 is 5.32 Å². The van der Waals surface area contributed by atoms with Crippen LogP contribution in [0.1, 0.15) is 232 Å². The van der Waals surface area contributed by atoms with E-state index in [9.17, 15) is 35.1 Å². The van der Waals surface area contributed by atoms with E-state index in [1.54, 1.807) is 6.08 Å². The van der Waals surface area contributed by atoms with Crippen molar-refractivity contribution in [1.29, 1.82) is 0 Å². The van der Waals surface area contributed by atoms with Gasteiger partial charge in [-0.05, 0) is 51.4 Å². The normalized spacial score (nSPS) is 20.0. The van der Waals surface area contributed by atoms with Crippen LogP contribution in [0.3, 0.4) is 0 Å². The highest BCUT2D eigenvalue weighted by molar-refractivity contribution is 5.76. The van der Waals surface area contributed by atoms with E-state index < -0.39 is 49.5 Å². The Bertz CT molecular complexity index is 1180. The summed E-state index contributed by atoms with van der Waals surface area (Å²) in [4.78, 5) is 25.0. The standard InChI is InChI=1S/C54H99NO10/c1-3-5-7-9-11-13-15-17-21-24-28-32-36-40-47(57)46(45-64-54-53(62)52(61)51(60)48(44-56)65-54)55-49(58)41-37-33-29-25-22-18-16-19-23-27-31-35-39-43-63-50(59)42-38-34-30-26-20-14-12-10-8-6-4-2/h18,22,29,33,36,40,46-48,51-54,56-57,60-62H,3-17,19-21,23-28,30-32,34-35,37-39,41-45H2,1-2H3,(H,55,58)/b22-18-,33-29-,40-36+. The number of unbranched alkanes of at least 4 members (excludes halogenated alkanes) is 27. The molecule has 1 rings (SSSR count). The zero-order valence-corrected chi connectivity index (χ0v) is 41.4. The average Bonchev–Trinajstić information content (AvgIpc) is 3.30. The van der Waals surface area contributed by atoms with Gasteiger partial charge in [0.1, 0.15) is 24.4 Å². The summed E-state index contributed by atoms with van der Waals surface area (Å²) < 4.78 is 16.6. The maximum Gasteiger partial charge on any atom is 0.305 e. The van der Waals surface area contributed by atoms with Crippen molar-refractivity contribution in [3.05, 3.63) is 36.5 Å². The van der Waals surface area contributed by atoms with Crippen LogP contribution in [0.5, 0.6) is 0 Å². The van der Waals surface area contributed by atoms with Gasteiger partial charge in [-0.2, -0.15) is 0 Å². The van der Waals surface area contributed by atoms with Gasteiger partial charge in [0.25, 0.3) is 0 Å². The molecule has 11 nitrogen and oxygen atoms in total. The zero-order valence-electron chi connectivity index (χ0n) is 41.4. The predicted octanol–water partition coefficient (Wildman–Crippen LogP) is 11.2. The summed E-state index contributed by atoms with van der Waals surface area (Å²) in [5.41, 5.74) is 0. The number of hydrogen-bond acceptors (Lipinski definition) is 10. The first-order chi connectivity index (χ1) is 31.7. The molecule has 0 spiro atoms. The molecule has 0 bridgehead atoms. The van der Waals surface area contributed by atoms with E-state index in [1.165, 1.54) is 128 Å². The minimum Gasteiger partial charge on any atom is -0.466 e. The number of nitrogens with one attached hydrogen (secondary N) is 1. The molecule has 7 unspecified atom stereocenters. The summed E-state index contributed by atoms with van der Waals surface area (Å²) in [6.45, 7) is 4.24. The quantitative estimate of drug-likeness (QED) is 0.0196. The van der Waals surface area contributed by atoms with E-state index in [0.717, 1.165) is 70.6 Å². The van der Waals surface area contributed by atoms with Crippen LogP contribution in [-0.2, 0) is 23.8 Å². The summed E-state index contributed by atoms with van der Waals surface area (Å²) in [6, 6.07) is -0.853. The minimum absolute atomic E-state index is 0.0401. The van der Waals surface area contributed by atoms with E-state index in [1.807, 2.05) is 18.2 Å². The number of aliphatic hydroxyl groups excluding tert-OH is 5. The predicted molar refractivity (Wildman–Crippen MR) is 264 cm³/mol. The molecule has 0 aromatic heterocycles. The maximum atomic E-state index is 13.0. The highest BCUT2D eigenvalue weighted by Gasteiger charge is 2.44. The highest BCUT2D eigenvalue weighted by Crippen LogP contribution is 2.23. The lowest BCUT2D eigenvalue weighted by atomic mass is 9.99. The molecule has 1 fully saturated rings. The SMILES string of the molecule is CCCCCCCCCCCCC/C=C/C(O)C(COC1OC(CO)C(O)C(O)C1O)NC(=O)CC/C=C\C/C=C\CCCCCCCCOC(=O)CCCCCCCCCCCCC. The molecule has 1 aliphatic heterocycles. The molecular weight excluding hydrogens is 823 g/mol. The fraction of sp³-hybridized carbons (Fsp3) is 0.852. The lowest BCUT2D eigenvalue weighted by Crippen LogP contribution is -2.60. The van der Waals surface area contributed by atoms with Crippen molar-refractivity contribution in [1.82, 2.24) is 5.32 Å². The van der Waals surface area contributed by atoms with Crippen LogP contribution in [0.25, 0.3) is 0 Å². The van der Waals surface area contributed by atoms with Gasteiger partial charge in [0, 0.05) is 12.8 Å². The Morgan fingerprint density at radius 2 is 1.05 bits per heavy atom. The molecule has 1 heterocycles. The maximum absolute atomic E-state index is 13.0. The van der Waals surface area contributed by atoms with Crippen molar-refractivity contribution in [2.45, 2.75) is 275 Å². The number of allylic oxidation sites excluding steroid dienone is 5. The van der Waals surface area contributed by atoms with Crippen molar-refractivity contribution in [2.24, 2.45) is 0 Å². The van der Waals surface area contributed by atoms with Crippen molar-refractivity contribution in [3.63, 3.8) is 0 Å². The van der Waals surface area contributed by atoms with Gasteiger partial charge in [-0.15, -0.1) is 0 Å². The van der Waals surface area contributed by atoms with Gasteiger partial charge in [-0.3, -0.25) is 9.59 Å². The van der Waals surface area contributed by atoms with Gasteiger partial charge in [-0.25, -0.2) is 0 Å². The lowest BCUT2D eigenvalue weighted by Gasteiger charge is -2.40. The first kappa shape index (κ1) is 60.9. The van der Waals surface area contributed by atoms with E-state index in [-0.39, 0.29) is 24.9 Å². The van der Waals surface area contributed by atoms with Gasteiger partial charge in [0.15, 0.2) is 6.29 Å².